The molecule has 0 radical (unpaired) electrons. The topological polar surface area (TPSA) is 77.3 Å². The molecule has 0 heterocycles. The second-order valence-corrected chi connectivity index (χ2v) is 5.32. The van der Waals surface area contributed by atoms with Crippen LogP contribution in [0.15, 0.2) is 9.98 Å². The number of halogens is 8. The molecule has 0 amide bonds. The minimum atomic E-state index is -6.46. The van der Waals surface area contributed by atoms with Crippen molar-refractivity contribution < 1.29 is 54.2 Å². The normalized spacial score (nSPS) is 13.0. The Morgan fingerprint density at radius 3 is 1.25 bits per heavy atom. The quantitative estimate of drug-likeness (QED) is 0.174. The maximum Gasteiger partial charge on any atom is 0.380 e. The van der Waals surface area contributed by atoms with Gasteiger partial charge in [0.15, 0.2) is 0 Å². The molecule has 0 aromatic heterocycles. The smallest absolute Gasteiger partial charge is 0.375 e. The zero-order chi connectivity index (χ0) is 21.9. The van der Waals surface area contributed by atoms with E-state index >= 15 is 0 Å². The Balaban J connectivity index is 4.89. The van der Waals surface area contributed by atoms with Gasteiger partial charge >= 0.3 is 23.7 Å². The summed E-state index contributed by atoms with van der Waals surface area (Å²) in [7, 11) is 0. The average Bonchev–Trinajstić information content (AvgIpc) is 2.60. The van der Waals surface area contributed by atoms with Crippen LogP contribution in [0.1, 0.15) is 12.8 Å². The highest BCUT2D eigenvalue weighted by Gasteiger charge is 2.80. The molecule has 0 rings (SSSR count). The molecule has 0 N–H and O–H groups in total. The highest BCUT2D eigenvalue weighted by Crippen LogP contribution is 2.52. The Labute approximate surface area is 153 Å². The van der Waals surface area contributed by atoms with Crippen LogP contribution in [0.4, 0.5) is 35.1 Å². The van der Waals surface area contributed by atoms with Crippen molar-refractivity contribution in [2.45, 2.75) is 36.5 Å². The molecule has 0 bridgehead atoms. The van der Waals surface area contributed by atoms with Gasteiger partial charge in [0.2, 0.25) is 12.2 Å². The van der Waals surface area contributed by atoms with Crippen LogP contribution in [-0.4, -0.2) is 75.4 Å². The summed E-state index contributed by atoms with van der Waals surface area (Å²) in [5.74, 6) is -24.2. The third-order valence-electron chi connectivity index (χ3n) is 3.13. The minimum absolute atomic E-state index is 0.189. The molecule has 0 aliphatic heterocycles. The van der Waals surface area contributed by atoms with Gasteiger partial charge in [0, 0.05) is 13.2 Å². The molecule has 0 spiro atoms. The highest BCUT2D eigenvalue weighted by atomic mass is 19.4. The van der Waals surface area contributed by atoms with Gasteiger partial charge in [0.25, 0.3) is 0 Å². The minimum Gasteiger partial charge on any atom is -0.375 e. The molecule has 162 valence electrons. The molecule has 6 nitrogen and oxygen atoms in total. The monoisotopic (exact) mass is 428 g/mol. The second-order valence-electron chi connectivity index (χ2n) is 5.32. The van der Waals surface area contributed by atoms with Gasteiger partial charge < -0.3 is 9.47 Å². The molecule has 0 aromatic carbocycles. The predicted molar refractivity (Wildman–Crippen MR) is 76.6 cm³/mol. The number of hydrogen-bond acceptors (Lipinski definition) is 6. The fourth-order valence-electron chi connectivity index (χ4n) is 1.62. The summed E-state index contributed by atoms with van der Waals surface area (Å²) in [6.07, 6.45) is 1.82. The van der Waals surface area contributed by atoms with Crippen LogP contribution in [0, 0.1) is 0 Å². The maximum absolute atomic E-state index is 13.5. The molecule has 14 heteroatoms. The van der Waals surface area contributed by atoms with Gasteiger partial charge in [-0.25, -0.2) is 19.6 Å². The van der Waals surface area contributed by atoms with E-state index in [4.69, 9.17) is 0 Å². The Kier molecular flexibility index (Phi) is 10.4. The average molecular weight is 428 g/mol. The van der Waals surface area contributed by atoms with E-state index in [1.165, 1.54) is 0 Å². The second kappa shape index (κ2) is 11.2. The first-order valence-electron chi connectivity index (χ1n) is 7.61. The molecular weight excluding hydrogens is 412 g/mol. The van der Waals surface area contributed by atoms with Gasteiger partial charge in [0.05, 0.1) is 13.1 Å². The predicted octanol–water partition coefficient (Wildman–Crippen LogP) is 3.01. The Morgan fingerprint density at radius 1 is 0.643 bits per heavy atom. The van der Waals surface area contributed by atoms with Gasteiger partial charge in [0.1, 0.15) is 13.2 Å². The van der Waals surface area contributed by atoms with Crippen molar-refractivity contribution in [3.8, 4) is 0 Å². The van der Waals surface area contributed by atoms with Crippen LogP contribution in [0.5, 0.6) is 0 Å². The van der Waals surface area contributed by atoms with E-state index < -0.39 is 50.1 Å². The van der Waals surface area contributed by atoms with Gasteiger partial charge in [-0.1, -0.05) is 0 Å². The molecule has 0 atom stereocenters. The number of alkyl halides is 8. The van der Waals surface area contributed by atoms with E-state index in [0.29, 0.717) is 0 Å². The first-order chi connectivity index (χ1) is 12.9. The number of ether oxygens (including phenoxy) is 2. The molecule has 0 aromatic rings. The standard InChI is InChI=1S/C14H16F8N2O4/c15-11(16,7-27-5-1-3-23-9-25)13(19,20)14(21,22)12(17,18)8-28-6-2-4-24-10-26/h1-8H2. The Morgan fingerprint density at radius 2 is 0.964 bits per heavy atom. The number of carbonyl (C=O) groups excluding carboxylic acids is 2. The largest absolute Gasteiger partial charge is 0.380 e. The van der Waals surface area contributed by atoms with E-state index in [1.807, 2.05) is 0 Å². The van der Waals surface area contributed by atoms with Gasteiger partial charge in [-0.05, 0) is 12.8 Å². The molecule has 0 saturated carbocycles. The zero-order valence-corrected chi connectivity index (χ0v) is 14.2. The van der Waals surface area contributed by atoms with E-state index in [2.05, 4.69) is 19.5 Å². The molecule has 0 fully saturated rings. The first kappa shape index (κ1) is 26.1. The highest BCUT2D eigenvalue weighted by molar-refractivity contribution is 5.32. The van der Waals surface area contributed by atoms with Crippen molar-refractivity contribution in [2.75, 3.05) is 39.5 Å². The molecular formula is C14H16F8N2O4. The van der Waals surface area contributed by atoms with Crippen molar-refractivity contribution in [1.29, 1.82) is 0 Å². The maximum atomic E-state index is 13.5. The summed E-state index contributed by atoms with van der Waals surface area (Å²) in [5, 5.41) is 0. The van der Waals surface area contributed by atoms with Crippen LogP contribution in [0.3, 0.4) is 0 Å². The summed E-state index contributed by atoms with van der Waals surface area (Å²) in [6, 6.07) is 0. The lowest BCUT2D eigenvalue weighted by molar-refractivity contribution is -0.376. The summed E-state index contributed by atoms with van der Waals surface area (Å²) in [4.78, 5) is 25.5. The third-order valence-corrected chi connectivity index (χ3v) is 3.13. The number of nitrogens with zero attached hydrogens (tertiary/aromatic N) is 2. The summed E-state index contributed by atoms with van der Waals surface area (Å²) in [6.45, 7) is -6.33. The van der Waals surface area contributed by atoms with Crippen LogP contribution in [-0.2, 0) is 19.1 Å². The van der Waals surface area contributed by atoms with Crippen LogP contribution in [0.25, 0.3) is 0 Å². The number of rotatable bonds is 15. The molecule has 28 heavy (non-hydrogen) atoms. The van der Waals surface area contributed by atoms with Crippen LogP contribution in [0.2, 0.25) is 0 Å². The van der Waals surface area contributed by atoms with Crippen molar-refractivity contribution in [3.63, 3.8) is 0 Å². The van der Waals surface area contributed by atoms with Crippen LogP contribution < -0.4 is 0 Å². The van der Waals surface area contributed by atoms with Crippen molar-refractivity contribution in [1.82, 2.24) is 0 Å². The van der Waals surface area contributed by atoms with Crippen LogP contribution >= 0.6 is 0 Å². The number of aliphatic imine (C=N–C) groups is 2. The fourth-order valence-corrected chi connectivity index (χ4v) is 1.62. The Hall–Kier alpha value is -1.88. The number of isocyanates is 2. The zero-order valence-electron chi connectivity index (χ0n) is 14.2. The van der Waals surface area contributed by atoms with E-state index in [-0.39, 0.29) is 25.9 Å². The Bertz CT molecular complexity index is 526. The first-order valence-corrected chi connectivity index (χ1v) is 7.61. The summed E-state index contributed by atoms with van der Waals surface area (Å²) in [5.41, 5.74) is 0. The van der Waals surface area contributed by atoms with Gasteiger partial charge in [-0.2, -0.15) is 35.1 Å². The van der Waals surface area contributed by atoms with Crippen molar-refractivity contribution >= 4 is 12.2 Å². The van der Waals surface area contributed by atoms with Crippen molar-refractivity contribution in [3.05, 3.63) is 0 Å². The molecule has 0 unspecified atom stereocenters. The van der Waals surface area contributed by atoms with Gasteiger partial charge in [-0.15, -0.1) is 0 Å². The lowest BCUT2D eigenvalue weighted by Crippen LogP contribution is -2.64. The van der Waals surface area contributed by atoms with Crippen molar-refractivity contribution in [2.24, 2.45) is 9.98 Å². The van der Waals surface area contributed by atoms with E-state index in [1.54, 1.807) is 0 Å². The summed E-state index contributed by atoms with van der Waals surface area (Å²) >= 11 is 0. The molecule has 0 aliphatic carbocycles. The summed E-state index contributed by atoms with van der Waals surface area (Å²) < 4.78 is 116. The third kappa shape index (κ3) is 6.93. The van der Waals surface area contributed by atoms with E-state index in [9.17, 15) is 44.7 Å². The lowest BCUT2D eigenvalue weighted by Gasteiger charge is -2.36. The molecule has 0 saturated heterocycles. The van der Waals surface area contributed by atoms with E-state index in [0.717, 1.165) is 12.2 Å². The SMILES string of the molecule is O=C=NCCCOCC(F)(F)C(F)(F)C(F)(F)C(F)(F)COCCCN=C=O. The van der Waals surface area contributed by atoms with Gasteiger partial charge in [-0.3, -0.25) is 0 Å². The number of hydrogen-bond donors (Lipinski definition) is 0. The lowest BCUT2D eigenvalue weighted by atomic mass is 9.99. The fraction of sp³-hybridized carbons (Fsp3) is 0.857. The molecule has 0 aliphatic rings.